The molecular weight excluding hydrogens is 324 g/mol. The average Bonchev–Trinajstić information content (AvgIpc) is 3.06. The third kappa shape index (κ3) is 3.26. The molecule has 1 aromatic carbocycles. The normalized spacial score (nSPS) is 10.8. The van der Waals surface area contributed by atoms with Crippen molar-refractivity contribution < 1.29 is 4.74 Å². The van der Waals surface area contributed by atoms with E-state index in [0.717, 1.165) is 38.2 Å². The minimum absolute atomic E-state index is 0.917. The van der Waals surface area contributed by atoms with Gasteiger partial charge >= 0.3 is 0 Å². The number of thioether (sulfide) groups is 1. The van der Waals surface area contributed by atoms with E-state index in [1.54, 1.807) is 30.2 Å². The van der Waals surface area contributed by atoms with Gasteiger partial charge in [-0.2, -0.15) is 0 Å². The number of methoxy groups -OCH3 is 1. The predicted molar refractivity (Wildman–Crippen MR) is 98.6 cm³/mol. The lowest BCUT2D eigenvalue weighted by atomic mass is 10.0. The molecule has 23 heavy (non-hydrogen) atoms. The van der Waals surface area contributed by atoms with Crippen LogP contribution in [0.25, 0.3) is 21.8 Å². The second-order valence-corrected chi connectivity index (χ2v) is 6.95. The zero-order valence-electron chi connectivity index (χ0n) is 13.6. The summed E-state index contributed by atoms with van der Waals surface area (Å²) in [4.78, 5) is 9.14. The maximum absolute atomic E-state index is 5.39. The van der Waals surface area contributed by atoms with Gasteiger partial charge in [-0.1, -0.05) is 0 Å². The average molecular weight is 342 g/mol. The van der Waals surface area contributed by atoms with Crippen molar-refractivity contribution >= 4 is 23.1 Å². The van der Waals surface area contributed by atoms with E-state index in [4.69, 9.17) is 9.72 Å². The third-order valence-electron chi connectivity index (χ3n) is 3.71. The maximum atomic E-state index is 5.39. The van der Waals surface area contributed by atoms with Crippen LogP contribution < -0.4 is 4.74 Å². The summed E-state index contributed by atoms with van der Waals surface area (Å²) in [6.07, 6.45) is 3.87. The Balaban J connectivity index is 2.00. The first kappa shape index (κ1) is 16.0. The van der Waals surface area contributed by atoms with Crippen LogP contribution in [0.1, 0.15) is 11.1 Å². The number of hydrogen-bond acceptors (Lipinski definition) is 5. The molecule has 2 heterocycles. The van der Waals surface area contributed by atoms with Crippen LogP contribution >= 0.6 is 23.1 Å². The van der Waals surface area contributed by atoms with Gasteiger partial charge in [-0.15, -0.1) is 23.1 Å². The quantitative estimate of drug-likeness (QED) is 0.609. The Morgan fingerprint density at radius 3 is 2.70 bits per heavy atom. The molecule has 3 aromatic rings. The number of hydrogen-bond donors (Lipinski definition) is 0. The van der Waals surface area contributed by atoms with Gasteiger partial charge < -0.3 is 4.74 Å². The minimum Gasteiger partial charge on any atom is -0.496 e. The molecule has 0 saturated carbocycles. The fourth-order valence-electron chi connectivity index (χ4n) is 2.47. The standard InChI is InChI=1S/C18H18N2OS2/c1-11-8-16(21-3)12(2)7-14(11)15-10-23-18(20-15)13-5-6-19-17(9-13)22-4/h5-10H,1-4H3. The highest BCUT2D eigenvalue weighted by Gasteiger charge is 2.12. The molecular formula is C18H18N2OS2. The van der Waals surface area contributed by atoms with Crippen molar-refractivity contribution in [3.63, 3.8) is 0 Å². The number of ether oxygens (including phenoxy) is 1. The van der Waals surface area contributed by atoms with E-state index in [2.05, 4.69) is 42.4 Å². The maximum Gasteiger partial charge on any atom is 0.124 e. The zero-order chi connectivity index (χ0) is 16.4. The van der Waals surface area contributed by atoms with Crippen LogP contribution in [-0.2, 0) is 0 Å². The molecule has 0 aliphatic carbocycles. The number of aromatic nitrogens is 2. The zero-order valence-corrected chi connectivity index (χ0v) is 15.2. The number of rotatable bonds is 4. The van der Waals surface area contributed by atoms with Crippen molar-refractivity contribution in [1.29, 1.82) is 0 Å². The summed E-state index contributed by atoms with van der Waals surface area (Å²) in [5.41, 5.74) is 5.57. The van der Waals surface area contributed by atoms with Gasteiger partial charge in [0.2, 0.25) is 0 Å². The minimum atomic E-state index is 0.917. The monoisotopic (exact) mass is 342 g/mol. The highest BCUT2D eigenvalue weighted by molar-refractivity contribution is 7.98. The first-order valence-corrected chi connectivity index (χ1v) is 9.34. The Morgan fingerprint density at radius 2 is 1.96 bits per heavy atom. The summed E-state index contributed by atoms with van der Waals surface area (Å²) >= 11 is 3.30. The van der Waals surface area contributed by atoms with Crippen molar-refractivity contribution in [1.82, 2.24) is 9.97 Å². The summed E-state index contributed by atoms with van der Waals surface area (Å²) in [6.45, 7) is 4.15. The fraction of sp³-hybridized carbons (Fsp3) is 0.222. The van der Waals surface area contributed by atoms with Gasteiger partial charge in [0, 0.05) is 22.7 Å². The first-order valence-electron chi connectivity index (χ1n) is 7.24. The third-order valence-corrected chi connectivity index (χ3v) is 5.25. The molecule has 0 fully saturated rings. The first-order chi connectivity index (χ1) is 11.1. The highest BCUT2D eigenvalue weighted by atomic mass is 32.2. The van der Waals surface area contributed by atoms with Gasteiger partial charge in [0.1, 0.15) is 10.8 Å². The fourth-order valence-corrected chi connectivity index (χ4v) is 3.70. The van der Waals surface area contributed by atoms with E-state index in [1.165, 1.54) is 5.56 Å². The van der Waals surface area contributed by atoms with E-state index >= 15 is 0 Å². The number of thiazole rings is 1. The number of aryl methyl sites for hydroxylation is 2. The molecule has 5 heteroatoms. The molecule has 0 atom stereocenters. The largest absolute Gasteiger partial charge is 0.496 e. The Bertz CT molecular complexity index is 843. The molecule has 3 rings (SSSR count). The molecule has 0 bridgehead atoms. The molecule has 0 aliphatic rings. The lowest BCUT2D eigenvalue weighted by molar-refractivity contribution is 0.411. The summed E-state index contributed by atoms with van der Waals surface area (Å²) < 4.78 is 5.39. The van der Waals surface area contributed by atoms with Crippen molar-refractivity contribution in [2.75, 3.05) is 13.4 Å². The van der Waals surface area contributed by atoms with Crippen LogP contribution in [0.3, 0.4) is 0 Å². The van der Waals surface area contributed by atoms with E-state index < -0.39 is 0 Å². The van der Waals surface area contributed by atoms with E-state index in [-0.39, 0.29) is 0 Å². The number of benzene rings is 1. The Hall–Kier alpha value is -1.85. The Morgan fingerprint density at radius 1 is 1.13 bits per heavy atom. The Kier molecular flexibility index (Phi) is 4.68. The van der Waals surface area contributed by atoms with Gasteiger partial charge in [0.05, 0.1) is 17.8 Å². The van der Waals surface area contributed by atoms with Crippen LogP contribution in [0, 0.1) is 13.8 Å². The van der Waals surface area contributed by atoms with Crippen LogP contribution in [0.5, 0.6) is 5.75 Å². The highest BCUT2D eigenvalue weighted by Crippen LogP contribution is 2.34. The summed E-state index contributed by atoms with van der Waals surface area (Å²) in [6, 6.07) is 8.31. The van der Waals surface area contributed by atoms with E-state index in [9.17, 15) is 0 Å². The molecule has 0 amide bonds. The van der Waals surface area contributed by atoms with Crippen LogP contribution in [-0.4, -0.2) is 23.3 Å². The topological polar surface area (TPSA) is 35.0 Å². The predicted octanol–water partition coefficient (Wildman–Crippen LogP) is 5.22. The SMILES string of the molecule is COc1cc(C)c(-c2csc(-c3ccnc(SC)c3)n2)cc1C. The van der Waals surface area contributed by atoms with Crippen molar-refractivity contribution in [2.45, 2.75) is 18.9 Å². The lowest BCUT2D eigenvalue weighted by Gasteiger charge is -2.09. The smallest absolute Gasteiger partial charge is 0.124 e. The second kappa shape index (κ2) is 6.72. The lowest BCUT2D eigenvalue weighted by Crippen LogP contribution is -1.91. The molecule has 0 saturated heterocycles. The van der Waals surface area contributed by atoms with E-state index in [0.29, 0.717) is 0 Å². The van der Waals surface area contributed by atoms with Crippen molar-refractivity contribution in [3.05, 3.63) is 47.0 Å². The molecule has 118 valence electrons. The Labute approximate surface area is 144 Å². The van der Waals surface area contributed by atoms with E-state index in [1.807, 2.05) is 18.5 Å². The molecule has 0 radical (unpaired) electrons. The molecule has 0 unspecified atom stereocenters. The number of nitrogens with zero attached hydrogens (tertiary/aromatic N) is 2. The van der Waals surface area contributed by atoms with Crippen molar-refractivity contribution in [3.8, 4) is 27.6 Å². The summed E-state index contributed by atoms with van der Waals surface area (Å²) in [5.74, 6) is 0.917. The molecule has 0 spiro atoms. The number of pyridine rings is 1. The molecule has 0 aliphatic heterocycles. The van der Waals surface area contributed by atoms with Crippen LogP contribution in [0.15, 0.2) is 40.9 Å². The van der Waals surface area contributed by atoms with Gasteiger partial charge in [0.15, 0.2) is 0 Å². The molecule has 2 aromatic heterocycles. The van der Waals surface area contributed by atoms with Crippen molar-refractivity contribution in [2.24, 2.45) is 0 Å². The van der Waals surface area contributed by atoms with Gasteiger partial charge in [-0.3, -0.25) is 0 Å². The van der Waals surface area contributed by atoms with Gasteiger partial charge in [0.25, 0.3) is 0 Å². The summed E-state index contributed by atoms with van der Waals surface area (Å²) in [5, 5.41) is 4.14. The van der Waals surface area contributed by atoms with Gasteiger partial charge in [-0.05, 0) is 55.5 Å². The second-order valence-electron chi connectivity index (χ2n) is 5.26. The molecule has 0 N–H and O–H groups in total. The van der Waals surface area contributed by atoms with Crippen LogP contribution in [0.4, 0.5) is 0 Å². The summed E-state index contributed by atoms with van der Waals surface area (Å²) in [7, 11) is 1.70. The van der Waals surface area contributed by atoms with Gasteiger partial charge in [-0.25, -0.2) is 9.97 Å². The van der Waals surface area contributed by atoms with Crippen LogP contribution in [0.2, 0.25) is 0 Å². The molecule has 3 nitrogen and oxygen atoms in total.